The van der Waals surface area contributed by atoms with Crippen molar-refractivity contribution in [2.75, 3.05) is 18.4 Å². The van der Waals surface area contributed by atoms with Gasteiger partial charge in [-0.2, -0.15) is 18.1 Å². The number of nitroso groups, excluding NO2 is 1. The zero-order valence-electron chi connectivity index (χ0n) is 19.3. The van der Waals surface area contributed by atoms with Crippen LogP contribution < -0.4 is 20.7 Å². The van der Waals surface area contributed by atoms with Crippen LogP contribution in [0.5, 0.6) is 5.75 Å². The van der Waals surface area contributed by atoms with Crippen LogP contribution in [0.25, 0.3) is 0 Å². The number of hydrogen-bond donors (Lipinski definition) is 3. The zero-order chi connectivity index (χ0) is 25.1. The molecule has 1 aliphatic heterocycles. The summed E-state index contributed by atoms with van der Waals surface area (Å²) in [4.78, 5) is 25.7. The standard InChI is InChI=1S/C18H24F3N3O2.C6H6N2O/c19-18(20,21)12-6-7-16(26-14-8-9-22-11-14)15(10-12)24-17(25)23-13-4-2-1-3-5-13;9-8-5-6-1-3-7-4-2-6/h6-7,10,13-14,22H,1-5,8-9,11H2,(H2,23,24,25);1-4H,5H2. The molecule has 3 N–H and O–H groups in total. The maximum absolute atomic E-state index is 13.0. The van der Waals surface area contributed by atoms with Crippen molar-refractivity contribution in [1.29, 1.82) is 0 Å². The quantitative estimate of drug-likeness (QED) is 0.477. The van der Waals surface area contributed by atoms with Crippen LogP contribution in [0.1, 0.15) is 49.7 Å². The van der Waals surface area contributed by atoms with Crippen molar-refractivity contribution in [2.24, 2.45) is 5.18 Å². The predicted molar refractivity (Wildman–Crippen MR) is 126 cm³/mol. The van der Waals surface area contributed by atoms with Gasteiger partial charge in [0, 0.05) is 25.0 Å². The number of nitrogens with one attached hydrogen (secondary N) is 3. The number of amides is 2. The molecule has 35 heavy (non-hydrogen) atoms. The molecule has 1 saturated heterocycles. The van der Waals surface area contributed by atoms with E-state index in [1.807, 2.05) is 0 Å². The van der Waals surface area contributed by atoms with Gasteiger partial charge in [-0.3, -0.25) is 4.98 Å². The van der Waals surface area contributed by atoms with E-state index in [-0.39, 0.29) is 30.1 Å². The molecule has 190 valence electrons. The molecule has 1 saturated carbocycles. The van der Waals surface area contributed by atoms with E-state index in [2.05, 4.69) is 26.1 Å². The fourth-order valence-electron chi connectivity index (χ4n) is 3.97. The van der Waals surface area contributed by atoms with Crippen molar-refractivity contribution in [2.45, 2.75) is 63.4 Å². The number of alkyl halides is 3. The Hall–Kier alpha value is -3.21. The lowest BCUT2D eigenvalue weighted by Crippen LogP contribution is -2.39. The summed E-state index contributed by atoms with van der Waals surface area (Å²) in [5, 5.41) is 11.3. The van der Waals surface area contributed by atoms with Crippen LogP contribution >= 0.6 is 0 Å². The highest BCUT2D eigenvalue weighted by Crippen LogP contribution is 2.35. The first-order valence-electron chi connectivity index (χ1n) is 11.7. The molecule has 0 radical (unpaired) electrons. The predicted octanol–water partition coefficient (Wildman–Crippen LogP) is 5.25. The average molecular weight is 494 g/mol. The van der Waals surface area contributed by atoms with Gasteiger partial charge < -0.3 is 20.7 Å². The molecule has 0 bridgehead atoms. The minimum absolute atomic E-state index is 0.0417. The Morgan fingerprint density at radius 1 is 1.11 bits per heavy atom. The molecule has 1 aromatic heterocycles. The van der Waals surface area contributed by atoms with Crippen LogP contribution in [-0.4, -0.2) is 36.3 Å². The molecule has 8 nitrogen and oxygen atoms in total. The summed E-state index contributed by atoms with van der Waals surface area (Å²) in [5.41, 5.74) is 0.127. The van der Waals surface area contributed by atoms with Gasteiger partial charge in [0.05, 0.1) is 11.3 Å². The van der Waals surface area contributed by atoms with Crippen LogP contribution in [0.4, 0.5) is 23.7 Å². The Labute approximate surface area is 202 Å². The number of urea groups is 1. The molecule has 2 aliphatic rings. The highest BCUT2D eigenvalue weighted by Gasteiger charge is 2.32. The smallest absolute Gasteiger partial charge is 0.416 e. The van der Waals surface area contributed by atoms with Crippen molar-refractivity contribution in [3.63, 3.8) is 0 Å². The molecule has 2 amide bonds. The SMILES string of the molecule is O=C(Nc1cc(C(F)(F)F)ccc1OC1CCNC1)NC1CCCCC1.O=NCc1ccncc1. The molecule has 1 aromatic carbocycles. The topological polar surface area (TPSA) is 105 Å². The van der Waals surface area contributed by atoms with Crippen LogP contribution in [0.15, 0.2) is 47.9 Å². The van der Waals surface area contributed by atoms with Gasteiger partial charge in [0.1, 0.15) is 18.4 Å². The third-order valence-electron chi connectivity index (χ3n) is 5.80. The van der Waals surface area contributed by atoms with Gasteiger partial charge in [0.2, 0.25) is 0 Å². The second kappa shape index (κ2) is 13.0. The number of carbonyl (C=O) groups is 1. The Morgan fingerprint density at radius 2 is 1.86 bits per heavy atom. The first-order chi connectivity index (χ1) is 16.8. The van der Waals surface area contributed by atoms with Crippen molar-refractivity contribution >= 4 is 11.7 Å². The summed E-state index contributed by atoms with van der Waals surface area (Å²) in [6, 6.07) is 6.28. The van der Waals surface area contributed by atoms with Crippen molar-refractivity contribution in [3.8, 4) is 5.75 Å². The lowest BCUT2D eigenvalue weighted by atomic mass is 9.96. The molecule has 4 rings (SSSR count). The second-order valence-electron chi connectivity index (χ2n) is 8.52. The molecule has 2 fully saturated rings. The summed E-state index contributed by atoms with van der Waals surface area (Å²) in [7, 11) is 0. The Balaban J connectivity index is 0.000000320. The minimum Gasteiger partial charge on any atom is -0.487 e. The van der Waals surface area contributed by atoms with E-state index in [0.29, 0.717) is 6.54 Å². The largest absolute Gasteiger partial charge is 0.487 e. The number of carbonyl (C=O) groups excluding carboxylic acids is 1. The monoisotopic (exact) mass is 493 g/mol. The zero-order valence-corrected chi connectivity index (χ0v) is 19.3. The van der Waals surface area contributed by atoms with Gasteiger partial charge in [-0.15, -0.1) is 0 Å². The molecular formula is C24H30F3N5O3. The van der Waals surface area contributed by atoms with Gasteiger partial charge in [0.15, 0.2) is 0 Å². The summed E-state index contributed by atoms with van der Waals surface area (Å²) < 4.78 is 44.9. The van der Waals surface area contributed by atoms with E-state index in [0.717, 1.165) is 62.8 Å². The number of pyridine rings is 1. The number of hydrogen-bond acceptors (Lipinski definition) is 6. The Bertz CT molecular complexity index is 947. The van der Waals surface area contributed by atoms with Crippen molar-refractivity contribution < 1.29 is 22.7 Å². The second-order valence-corrected chi connectivity index (χ2v) is 8.52. The van der Waals surface area contributed by atoms with Crippen LogP contribution in [-0.2, 0) is 12.7 Å². The van der Waals surface area contributed by atoms with Gasteiger partial charge in [-0.25, -0.2) is 4.79 Å². The molecule has 2 aromatic rings. The number of benzene rings is 1. The maximum Gasteiger partial charge on any atom is 0.416 e. The van der Waals surface area contributed by atoms with Gasteiger partial charge in [0.25, 0.3) is 0 Å². The minimum atomic E-state index is -4.48. The average Bonchev–Trinajstić information content (AvgIpc) is 3.35. The number of nitrogens with zero attached hydrogens (tertiary/aromatic N) is 2. The first-order valence-corrected chi connectivity index (χ1v) is 11.7. The molecule has 11 heteroatoms. The molecular weight excluding hydrogens is 463 g/mol. The molecule has 2 heterocycles. The van der Waals surface area contributed by atoms with Crippen molar-refractivity contribution in [3.05, 3.63) is 58.8 Å². The highest BCUT2D eigenvalue weighted by molar-refractivity contribution is 5.91. The van der Waals surface area contributed by atoms with E-state index in [1.165, 1.54) is 6.07 Å². The van der Waals surface area contributed by atoms with E-state index >= 15 is 0 Å². The van der Waals surface area contributed by atoms with Gasteiger partial charge >= 0.3 is 12.2 Å². The molecule has 0 spiro atoms. The Morgan fingerprint density at radius 3 is 2.49 bits per heavy atom. The fraction of sp³-hybridized carbons (Fsp3) is 0.500. The lowest BCUT2D eigenvalue weighted by molar-refractivity contribution is -0.137. The first kappa shape index (κ1) is 26.4. The number of ether oxygens (including phenoxy) is 1. The van der Waals surface area contributed by atoms with E-state index < -0.39 is 17.8 Å². The number of halogens is 3. The fourth-order valence-corrected chi connectivity index (χ4v) is 3.97. The summed E-state index contributed by atoms with van der Waals surface area (Å²) >= 11 is 0. The Kier molecular flexibility index (Phi) is 9.83. The van der Waals surface area contributed by atoms with Gasteiger partial charge in [-0.05, 0) is 61.7 Å². The number of aromatic nitrogens is 1. The summed E-state index contributed by atoms with van der Waals surface area (Å²) in [6.07, 6.45) is 4.50. The number of anilines is 1. The van der Waals surface area contributed by atoms with Crippen LogP contribution in [0.3, 0.4) is 0 Å². The normalized spacial score (nSPS) is 18.2. The lowest BCUT2D eigenvalue weighted by Gasteiger charge is -2.24. The third-order valence-corrected chi connectivity index (χ3v) is 5.80. The van der Waals surface area contributed by atoms with E-state index in [4.69, 9.17) is 4.74 Å². The molecule has 1 atom stereocenters. The maximum atomic E-state index is 13.0. The van der Waals surface area contributed by atoms with E-state index in [1.54, 1.807) is 24.5 Å². The molecule has 1 unspecified atom stereocenters. The van der Waals surface area contributed by atoms with Crippen LogP contribution in [0, 0.1) is 4.91 Å². The van der Waals surface area contributed by atoms with E-state index in [9.17, 15) is 22.9 Å². The number of rotatable bonds is 6. The van der Waals surface area contributed by atoms with Crippen LogP contribution in [0.2, 0.25) is 0 Å². The van der Waals surface area contributed by atoms with Gasteiger partial charge in [-0.1, -0.05) is 24.4 Å². The summed E-state index contributed by atoms with van der Waals surface area (Å²) in [5.74, 6) is 0.255. The molecule has 1 aliphatic carbocycles. The summed E-state index contributed by atoms with van der Waals surface area (Å²) in [6.45, 7) is 1.67. The highest BCUT2D eigenvalue weighted by atomic mass is 19.4. The van der Waals surface area contributed by atoms with Crippen molar-refractivity contribution in [1.82, 2.24) is 15.6 Å². The third kappa shape index (κ3) is 8.82.